The highest BCUT2D eigenvalue weighted by Gasteiger charge is 2.29. The number of rotatable bonds is 3. The predicted octanol–water partition coefficient (Wildman–Crippen LogP) is 3.76. The topological polar surface area (TPSA) is 58.6 Å². The first kappa shape index (κ1) is 19.4. The number of anilines is 1. The third-order valence-electron chi connectivity index (χ3n) is 5.15. The number of benzene rings is 1. The summed E-state index contributed by atoms with van der Waals surface area (Å²) in [7, 11) is 0. The van der Waals surface area contributed by atoms with Crippen molar-refractivity contribution >= 4 is 40.4 Å². The molecule has 8 heteroatoms. The quantitative estimate of drug-likeness (QED) is 0.819. The van der Waals surface area contributed by atoms with E-state index in [-0.39, 0.29) is 22.8 Å². The number of amides is 2. The minimum Gasteiger partial charge on any atom is -0.378 e. The first-order valence-corrected chi connectivity index (χ1v) is 10.4. The van der Waals surface area contributed by atoms with E-state index in [4.69, 9.17) is 16.3 Å². The van der Waals surface area contributed by atoms with Crippen LogP contribution in [0.5, 0.6) is 0 Å². The van der Waals surface area contributed by atoms with Crippen molar-refractivity contribution in [3.8, 4) is 0 Å². The van der Waals surface area contributed by atoms with Crippen molar-refractivity contribution in [2.75, 3.05) is 31.6 Å². The van der Waals surface area contributed by atoms with Gasteiger partial charge in [-0.3, -0.25) is 9.59 Å². The zero-order valence-electron chi connectivity index (χ0n) is 15.2. The van der Waals surface area contributed by atoms with Crippen molar-refractivity contribution in [1.82, 2.24) is 4.90 Å². The van der Waals surface area contributed by atoms with Gasteiger partial charge in [0.2, 0.25) is 5.91 Å². The van der Waals surface area contributed by atoms with Crippen LogP contribution in [0.15, 0.2) is 24.3 Å². The average Bonchev–Trinajstić information content (AvgIpc) is 3.14. The van der Waals surface area contributed by atoms with Crippen LogP contribution < -0.4 is 5.32 Å². The number of aryl methyl sites for hydroxylation is 1. The van der Waals surface area contributed by atoms with Crippen LogP contribution in [0.1, 0.15) is 26.5 Å². The second-order valence-electron chi connectivity index (χ2n) is 7.02. The maximum atomic E-state index is 13.3. The Morgan fingerprint density at radius 3 is 2.79 bits per heavy atom. The smallest absolute Gasteiger partial charge is 0.264 e. The third kappa shape index (κ3) is 4.06. The summed E-state index contributed by atoms with van der Waals surface area (Å²) in [4.78, 5) is 29.1. The van der Waals surface area contributed by atoms with E-state index in [1.54, 1.807) is 0 Å². The number of carbonyl (C=O) groups excluding carboxylic acids is 2. The van der Waals surface area contributed by atoms with Crippen LogP contribution in [0.3, 0.4) is 0 Å². The fourth-order valence-electron chi connectivity index (χ4n) is 3.59. The molecule has 1 N–H and O–H groups in total. The molecule has 0 spiro atoms. The van der Waals surface area contributed by atoms with Crippen molar-refractivity contribution in [3.05, 3.63) is 50.4 Å². The second kappa shape index (κ2) is 8.19. The molecule has 2 heterocycles. The third-order valence-corrected chi connectivity index (χ3v) is 6.66. The van der Waals surface area contributed by atoms with Crippen LogP contribution in [0.2, 0.25) is 5.02 Å². The number of halogens is 2. The molecular weight excluding hydrogens is 403 g/mol. The summed E-state index contributed by atoms with van der Waals surface area (Å²) in [5.74, 6) is -0.764. The van der Waals surface area contributed by atoms with Gasteiger partial charge in [-0.1, -0.05) is 11.6 Å². The van der Waals surface area contributed by atoms with E-state index in [2.05, 4.69) is 5.32 Å². The lowest BCUT2D eigenvalue weighted by atomic mass is 9.87. The highest BCUT2D eigenvalue weighted by Crippen LogP contribution is 2.34. The Balaban J connectivity index is 1.42. The molecule has 28 heavy (non-hydrogen) atoms. The van der Waals surface area contributed by atoms with E-state index in [1.807, 2.05) is 11.0 Å². The number of fused-ring (bicyclic) bond motifs is 1. The molecule has 0 bridgehead atoms. The Kier molecular flexibility index (Phi) is 5.66. The van der Waals surface area contributed by atoms with Crippen molar-refractivity contribution in [3.63, 3.8) is 0 Å². The van der Waals surface area contributed by atoms with Gasteiger partial charge in [-0.15, -0.1) is 11.3 Å². The van der Waals surface area contributed by atoms with Gasteiger partial charge in [-0.2, -0.15) is 0 Å². The molecule has 1 atom stereocenters. The summed E-state index contributed by atoms with van der Waals surface area (Å²) in [5.41, 5.74) is 1.56. The molecule has 1 aromatic heterocycles. The van der Waals surface area contributed by atoms with Gasteiger partial charge >= 0.3 is 0 Å². The van der Waals surface area contributed by atoms with E-state index < -0.39 is 5.82 Å². The Morgan fingerprint density at radius 1 is 1.25 bits per heavy atom. The molecule has 1 unspecified atom stereocenters. The molecule has 5 nitrogen and oxygen atoms in total. The van der Waals surface area contributed by atoms with Crippen molar-refractivity contribution in [1.29, 1.82) is 0 Å². The molecule has 2 aromatic rings. The second-order valence-corrected chi connectivity index (χ2v) is 8.57. The van der Waals surface area contributed by atoms with Gasteiger partial charge in [0.05, 0.1) is 23.1 Å². The number of morpholine rings is 1. The summed E-state index contributed by atoms with van der Waals surface area (Å²) < 4.78 is 18.6. The molecule has 1 aromatic carbocycles. The fraction of sp³-hybridized carbons (Fsp3) is 0.400. The van der Waals surface area contributed by atoms with E-state index in [1.165, 1.54) is 34.4 Å². The molecule has 2 amide bonds. The van der Waals surface area contributed by atoms with Crippen molar-refractivity contribution in [2.24, 2.45) is 5.92 Å². The van der Waals surface area contributed by atoms with Crippen molar-refractivity contribution in [2.45, 2.75) is 19.3 Å². The lowest BCUT2D eigenvalue weighted by Crippen LogP contribution is -2.40. The lowest BCUT2D eigenvalue weighted by molar-refractivity contribution is -0.120. The lowest BCUT2D eigenvalue weighted by Gasteiger charge is -2.26. The largest absolute Gasteiger partial charge is 0.378 e. The SMILES string of the molecule is O=C(Nc1ccc(F)c(Cl)c1)C1CCc2sc(C(=O)N3CCOCC3)cc2C1. The Labute approximate surface area is 171 Å². The maximum Gasteiger partial charge on any atom is 0.264 e. The molecule has 2 aliphatic rings. The van der Waals surface area contributed by atoms with Crippen LogP contribution in [-0.2, 0) is 22.4 Å². The standard InChI is InChI=1S/C20H20ClFN2O3S/c21-15-11-14(2-3-16(15)22)23-19(25)12-1-4-17-13(9-12)10-18(28-17)20(26)24-5-7-27-8-6-24/h2-3,10-12H,1,4-9H2,(H,23,25). The van der Waals surface area contributed by atoms with E-state index in [9.17, 15) is 14.0 Å². The van der Waals surface area contributed by atoms with Gasteiger partial charge in [0.15, 0.2) is 0 Å². The fourth-order valence-corrected chi connectivity index (χ4v) is 4.95. The Morgan fingerprint density at radius 2 is 2.04 bits per heavy atom. The highest BCUT2D eigenvalue weighted by atomic mass is 35.5. The predicted molar refractivity (Wildman–Crippen MR) is 107 cm³/mol. The summed E-state index contributed by atoms with van der Waals surface area (Å²) in [6, 6.07) is 6.08. The minimum atomic E-state index is -0.516. The molecule has 148 valence electrons. The van der Waals surface area contributed by atoms with Crippen molar-refractivity contribution < 1.29 is 18.7 Å². The number of hydrogen-bond acceptors (Lipinski definition) is 4. The number of carbonyl (C=O) groups is 2. The molecule has 1 aliphatic heterocycles. The van der Waals surface area contributed by atoms with E-state index in [0.29, 0.717) is 38.4 Å². The van der Waals surface area contributed by atoms with Gasteiger partial charge in [-0.05, 0) is 49.1 Å². The van der Waals surface area contributed by atoms with Crippen LogP contribution in [0.25, 0.3) is 0 Å². The van der Waals surface area contributed by atoms with Gasteiger partial charge in [-0.25, -0.2) is 4.39 Å². The van der Waals surface area contributed by atoms with Crippen LogP contribution in [-0.4, -0.2) is 43.0 Å². The van der Waals surface area contributed by atoms with E-state index in [0.717, 1.165) is 23.3 Å². The molecule has 1 aliphatic carbocycles. The summed E-state index contributed by atoms with van der Waals surface area (Å²) in [5, 5.41) is 2.80. The molecule has 1 fully saturated rings. The average molecular weight is 423 g/mol. The summed E-state index contributed by atoms with van der Waals surface area (Å²) in [6.07, 6.45) is 2.10. The summed E-state index contributed by atoms with van der Waals surface area (Å²) in [6.45, 7) is 2.39. The molecule has 0 radical (unpaired) electrons. The first-order valence-electron chi connectivity index (χ1n) is 9.26. The summed E-state index contributed by atoms with van der Waals surface area (Å²) >= 11 is 7.31. The van der Waals surface area contributed by atoms with Gasteiger partial charge < -0.3 is 15.0 Å². The molecule has 4 rings (SSSR count). The number of hydrogen-bond donors (Lipinski definition) is 1. The van der Waals surface area contributed by atoms with E-state index >= 15 is 0 Å². The zero-order valence-corrected chi connectivity index (χ0v) is 16.7. The van der Waals surface area contributed by atoms with Crippen LogP contribution in [0, 0.1) is 11.7 Å². The minimum absolute atomic E-state index is 0.0205. The molecular formula is C20H20ClFN2O3S. The molecule has 0 saturated carbocycles. The Hall–Kier alpha value is -1.96. The monoisotopic (exact) mass is 422 g/mol. The van der Waals surface area contributed by atoms with Gasteiger partial charge in [0, 0.05) is 29.6 Å². The van der Waals surface area contributed by atoms with Gasteiger partial charge in [0.25, 0.3) is 5.91 Å². The number of nitrogens with zero attached hydrogens (tertiary/aromatic N) is 1. The van der Waals surface area contributed by atoms with Gasteiger partial charge in [0.1, 0.15) is 5.82 Å². The molecule has 1 saturated heterocycles. The highest BCUT2D eigenvalue weighted by molar-refractivity contribution is 7.14. The first-order chi connectivity index (χ1) is 13.5. The Bertz CT molecular complexity index is 911. The maximum absolute atomic E-state index is 13.3. The normalized spacial score (nSPS) is 19.2. The number of thiophene rings is 1. The van der Waals surface area contributed by atoms with Crippen LogP contribution in [0.4, 0.5) is 10.1 Å². The zero-order chi connectivity index (χ0) is 19.7. The number of nitrogens with one attached hydrogen (secondary N) is 1. The number of ether oxygens (including phenoxy) is 1. The van der Waals surface area contributed by atoms with Crippen LogP contribution >= 0.6 is 22.9 Å².